The molecule has 0 aliphatic carbocycles. The van der Waals surface area contributed by atoms with Crippen LogP contribution in [0.3, 0.4) is 0 Å². The van der Waals surface area contributed by atoms with Crippen LogP contribution in [0.1, 0.15) is 19.5 Å². The van der Waals surface area contributed by atoms with E-state index >= 15 is 0 Å². The van der Waals surface area contributed by atoms with Crippen molar-refractivity contribution in [3.05, 3.63) is 24.2 Å². The molecule has 110 valence electrons. The Morgan fingerprint density at radius 3 is 2.65 bits per heavy atom. The van der Waals surface area contributed by atoms with Crippen molar-refractivity contribution in [3.63, 3.8) is 0 Å². The van der Waals surface area contributed by atoms with Crippen LogP contribution < -0.4 is 5.32 Å². The first-order valence-corrected chi connectivity index (χ1v) is 5.93. The first-order chi connectivity index (χ1) is 9.23. The molecule has 0 fully saturated rings. The molecule has 8 heteroatoms. The maximum Gasteiger partial charge on any atom is 0.435 e. The zero-order valence-electron chi connectivity index (χ0n) is 11.3. The Morgan fingerprint density at radius 1 is 1.35 bits per heavy atom. The van der Waals surface area contributed by atoms with E-state index in [0.29, 0.717) is 12.4 Å². The number of methoxy groups -OCH3 is 1. The average Bonchev–Trinajstić information content (AvgIpc) is 2.80. The fourth-order valence-electron chi connectivity index (χ4n) is 1.57. The summed E-state index contributed by atoms with van der Waals surface area (Å²) in [4.78, 5) is 4.04. The Morgan fingerprint density at radius 2 is 2.05 bits per heavy atom. The molecule has 0 spiro atoms. The van der Waals surface area contributed by atoms with Crippen LogP contribution >= 0.6 is 0 Å². The van der Waals surface area contributed by atoms with Gasteiger partial charge >= 0.3 is 6.18 Å². The van der Waals surface area contributed by atoms with Crippen molar-refractivity contribution in [1.29, 1.82) is 0 Å². The maximum absolute atomic E-state index is 12.7. The van der Waals surface area contributed by atoms with Gasteiger partial charge in [0.15, 0.2) is 11.5 Å². The molecule has 2 heterocycles. The van der Waals surface area contributed by atoms with E-state index in [4.69, 9.17) is 4.74 Å². The molecule has 0 amide bonds. The molecule has 0 aliphatic rings. The van der Waals surface area contributed by atoms with Crippen molar-refractivity contribution in [1.82, 2.24) is 14.6 Å². The van der Waals surface area contributed by atoms with E-state index in [-0.39, 0.29) is 5.52 Å². The second kappa shape index (κ2) is 4.93. The van der Waals surface area contributed by atoms with Gasteiger partial charge < -0.3 is 10.1 Å². The Bertz CT molecular complexity index is 606. The monoisotopic (exact) mass is 288 g/mol. The fraction of sp³-hybridized carbons (Fsp3) is 0.500. The number of hydrogen-bond donors (Lipinski definition) is 1. The lowest BCUT2D eigenvalue weighted by Gasteiger charge is -2.23. The zero-order valence-corrected chi connectivity index (χ0v) is 11.3. The predicted octanol–water partition coefficient (Wildman–Crippen LogP) is 2.58. The molecule has 5 nitrogen and oxygen atoms in total. The van der Waals surface area contributed by atoms with Crippen LogP contribution in [0.25, 0.3) is 5.52 Å². The highest BCUT2D eigenvalue weighted by Gasteiger charge is 2.34. The van der Waals surface area contributed by atoms with Crippen LogP contribution in [0.2, 0.25) is 0 Å². The number of hydrogen-bond acceptors (Lipinski definition) is 4. The van der Waals surface area contributed by atoms with Crippen molar-refractivity contribution in [2.24, 2.45) is 0 Å². The summed E-state index contributed by atoms with van der Waals surface area (Å²) in [6.45, 7) is 4.12. The van der Waals surface area contributed by atoms with Gasteiger partial charge in [-0.05, 0) is 13.8 Å². The number of anilines is 1. The molecule has 0 unspecified atom stereocenters. The molecule has 0 bridgehead atoms. The van der Waals surface area contributed by atoms with Gasteiger partial charge in [0.05, 0.1) is 5.60 Å². The SMILES string of the molecule is COC(C)(C)CNc1nccn2nc(C(F)(F)F)cc12. The van der Waals surface area contributed by atoms with Crippen LogP contribution in [-0.4, -0.2) is 33.9 Å². The standard InChI is InChI=1S/C12H15F3N4O/c1-11(2,20-3)7-17-10-8-6-9(12(13,14)15)18-19(8)5-4-16-10/h4-6H,7H2,1-3H3,(H,16,17). The van der Waals surface area contributed by atoms with E-state index in [1.807, 2.05) is 13.8 Å². The summed E-state index contributed by atoms with van der Waals surface area (Å²) in [5, 5.41) is 6.47. The van der Waals surface area contributed by atoms with Gasteiger partial charge in [0.2, 0.25) is 0 Å². The second-order valence-electron chi connectivity index (χ2n) is 4.95. The molecule has 2 rings (SSSR count). The third-order valence-electron chi connectivity index (χ3n) is 2.91. The van der Waals surface area contributed by atoms with Crippen LogP contribution in [0.4, 0.5) is 19.0 Å². The van der Waals surface area contributed by atoms with Crippen LogP contribution in [-0.2, 0) is 10.9 Å². The summed E-state index contributed by atoms with van der Waals surface area (Å²) < 4.78 is 44.3. The highest BCUT2D eigenvalue weighted by atomic mass is 19.4. The zero-order chi connectivity index (χ0) is 15.0. The molecule has 2 aromatic rings. The smallest absolute Gasteiger partial charge is 0.377 e. The molecule has 0 aliphatic heterocycles. The van der Waals surface area contributed by atoms with Gasteiger partial charge in [-0.3, -0.25) is 0 Å². The van der Waals surface area contributed by atoms with Crippen molar-refractivity contribution in [2.45, 2.75) is 25.6 Å². The van der Waals surface area contributed by atoms with E-state index in [1.165, 1.54) is 12.4 Å². The number of halogens is 3. The van der Waals surface area contributed by atoms with Gasteiger partial charge in [-0.25, -0.2) is 9.50 Å². The van der Waals surface area contributed by atoms with Crippen molar-refractivity contribution >= 4 is 11.3 Å². The summed E-state index contributed by atoms with van der Waals surface area (Å²) >= 11 is 0. The largest absolute Gasteiger partial charge is 0.435 e. The third kappa shape index (κ3) is 3.01. The van der Waals surface area contributed by atoms with Gasteiger partial charge in [0.25, 0.3) is 0 Å². The lowest BCUT2D eigenvalue weighted by Crippen LogP contribution is -2.32. The van der Waals surface area contributed by atoms with E-state index in [1.54, 1.807) is 7.11 Å². The Hall–Kier alpha value is -1.83. The number of nitrogens with zero attached hydrogens (tertiary/aromatic N) is 3. The molecule has 0 aromatic carbocycles. The fourth-order valence-corrected chi connectivity index (χ4v) is 1.57. The lowest BCUT2D eigenvalue weighted by molar-refractivity contribution is -0.141. The molecule has 1 N–H and O–H groups in total. The number of aromatic nitrogens is 3. The second-order valence-corrected chi connectivity index (χ2v) is 4.95. The average molecular weight is 288 g/mol. The van der Waals surface area contributed by atoms with Gasteiger partial charge in [-0.1, -0.05) is 0 Å². The number of alkyl halides is 3. The maximum atomic E-state index is 12.7. The minimum absolute atomic E-state index is 0.270. The number of fused-ring (bicyclic) bond motifs is 1. The van der Waals surface area contributed by atoms with Crippen molar-refractivity contribution in [3.8, 4) is 0 Å². The van der Waals surface area contributed by atoms with Crippen LogP contribution in [0, 0.1) is 0 Å². The number of rotatable bonds is 4. The Kier molecular flexibility index (Phi) is 3.59. The van der Waals surface area contributed by atoms with Gasteiger partial charge in [-0.2, -0.15) is 18.3 Å². The summed E-state index contributed by atoms with van der Waals surface area (Å²) in [6.07, 6.45) is -1.71. The Labute approximate surface area is 113 Å². The molecule has 0 saturated heterocycles. The normalized spacial score (nSPS) is 12.9. The Balaban J connectivity index is 2.32. The molecular weight excluding hydrogens is 273 g/mol. The summed E-state index contributed by atoms with van der Waals surface area (Å²) in [5.74, 6) is 0.334. The first-order valence-electron chi connectivity index (χ1n) is 5.93. The molecule has 0 saturated carbocycles. The highest BCUT2D eigenvalue weighted by molar-refractivity contribution is 5.68. The molecular formula is C12H15F3N4O. The van der Waals surface area contributed by atoms with Crippen LogP contribution in [0.15, 0.2) is 18.5 Å². The number of ether oxygens (including phenoxy) is 1. The third-order valence-corrected chi connectivity index (χ3v) is 2.91. The summed E-state index contributed by atoms with van der Waals surface area (Å²) in [7, 11) is 1.57. The first kappa shape index (κ1) is 14.6. The quantitative estimate of drug-likeness (QED) is 0.939. The van der Waals surface area contributed by atoms with E-state index in [0.717, 1.165) is 10.6 Å². The highest BCUT2D eigenvalue weighted by Crippen LogP contribution is 2.30. The van der Waals surface area contributed by atoms with Crippen LogP contribution in [0.5, 0.6) is 0 Å². The predicted molar refractivity (Wildman–Crippen MR) is 67.6 cm³/mol. The van der Waals surface area contributed by atoms with Crippen molar-refractivity contribution in [2.75, 3.05) is 19.0 Å². The lowest BCUT2D eigenvalue weighted by atomic mass is 10.1. The van der Waals surface area contributed by atoms with E-state index in [2.05, 4.69) is 15.4 Å². The molecule has 2 aromatic heterocycles. The van der Waals surface area contributed by atoms with E-state index in [9.17, 15) is 13.2 Å². The number of nitrogens with one attached hydrogen (secondary N) is 1. The molecule has 0 radical (unpaired) electrons. The van der Waals surface area contributed by atoms with Gasteiger partial charge in [0.1, 0.15) is 5.52 Å². The summed E-state index contributed by atoms with van der Waals surface area (Å²) in [5.41, 5.74) is -1.13. The topological polar surface area (TPSA) is 51.5 Å². The minimum Gasteiger partial charge on any atom is -0.377 e. The van der Waals surface area contributed by atoms with Gasteiger partial charge in [0, 0.05) is 32.1 Å². The van der Waals surface area contributed by atoms with Crippen molar-refractivity contribution < 1.29 is 17.9 Å². The summed E-state index contributed by atoms with van der Waals surface area (Å²) in [6, 6.07) is 0.967. The minimum atomic E-state index is -4.48. The van der Waals surface area contributed by atoms with E-state index < -0.39 is 17.5 Å². The molecule has 0 atom stereocenters. The van der Waals surface area contributed by atoms with Gasteiger partial charge in [-0.15, -0.1) is 0 Å². The molecule has 20 heavy (non-hydrogen) atoms.